The monoisotopic (exact) mass is 337 g/mol. The maximum absolute atomic E-state index is 12.3. The molecule has 0 fully saturated rings. The molecule has 2 rings (SSSR count). The third-order valence-corrected chi connectivity index (χ3v) is 3.61. The molecule has 0 radical (unpaired) electrons. The van der Waals surface area contributed by atoms with E-state index in [9.17, 15) is 9.59 Å². The average molecular weight is 337 g/mol. The number of rotatable bonds is 6. The third kappa shape index (κ3) is 5.08. The van der Waals surface area contributed by atoms with Gasteiger partial charge in [0.25, 0.3) is 0 Å². The molecular formula is C19H19N3O3. The molecule has 0 spiro atoms. The maximum Gasteiger partial charge on any atom is 0.244 e. The number of nitrogens with zero attached hydrogens (tertiary/aromatic N) is 2. The smallest absolute Gasteiger partial charge is 0.244 e. The predicted molar refractivity (Wildman–Crippen MR) is 93.9 cm³/mol. The molecular weight excluding hydrogens is 318 g/mol. The van der Waals surface area contributed by atoms with Crippen LogP contribution in [0.2, 0.25) is 0 Å². The van der Waals surface area contributed by atoms with Crippen LogP contribution in [0, 0.1) is 11.3 Å². The molecule has 0 saturated carbocycles. The fourth-order valence-electron chi connectivity index (χ4n) is 2.36. The number of ether oxygens (including phenoxy) is 1. The SMILES string of the molecule is COc1ccccc1CN(CC(=O)Nc1cccc(C#N)c1)C(C)=O. The van der Waals surface area contributed by atoms with Crippen molar-refractivity contribution >= 4 is 17.5 Å². The van der Waals surface area contributed by atoms with E-state index in [-0.39, 0.29) is 24.9 Å². The van der Waals surface area contributed by atoms with Gasteiger partial charge < -0.3 is 15.0 Å². The highest BCUT2D eigenvalue weighted by molar-refractivity contribution is 5.94. The molecule has 2 amide bonds. The molecule has 0 atom stereocenters. The summed E-state index contributed by atoms with van der Waals surface area (Å²) in [6.07, 6.45) is 0. The minimum atomic E-state index is -0.333. The van der Waals surface area contributed by atoms with E-state index in [1.165, 1.54) is 11.8 Å². The van der Waals surface area contributed by atoms with E-state index in [1.807, 2.05) is 24.3 Å². The molecule has 0 saturated heterocycles. The Bertz CT molecular complexity index is 812. The van der Waals surface area contributed by atoms with Crippen LogP contribution in [0.4, 0.5) is 5.69 Å². The largest absolute Gasteiger partial charge is 0.496 e. The van der Waals surface area contributed by atoms with Crippen molar-refractivity contribution in [1.82, 2.24) is 4.90 Å². The van der Waals surface area contributed by atoms with Gasteiger partial charge in [-0.2, -0.15) is 5.26 Å². The fraction of sp³-hybridized carbons (Fsp3) is 0.211. The first-order valence-electron chi connectivity index (χ1n) is 7.71. The fourth-order valence-corrected chi connectivity index (χ4v) is 2.36. The standard InChI is InChI=1S/C19H19N3O3/c1-14(23)22(12-16-7-3-4-9-18(16)25-2)13-19(24)21-17-8-5-6-15(10-17)11-20/h3-10H,12-13H2,1-2H3,(H,21,24). The molecule has 0 aliphatic carbocycles. The van der Waals surface area contributed by atoms with E-state index in [0.29, 0.717) is 17.0 Å². The summed E-state index contributed by atoms with van der Waals surface area (Å²) < 4.78 is 5.28. The van der Waals surface area contributed by atoms with E-state index in [1.54, 1.807) is 37.4 Å². The lowest BCUT2D eigenvalue weighted by molar-refractivity contribution is -0.133. The van der Waals surface area contributed by atoms with Crippen LogP contribution >= 0.6 is 0 Å². The molecule has 0 aliphatic rings. The predicted octanol–water partition coefficient (Wildman–Crippen LogP) is 2.55. The van der Waals surface area contributed by atoms with Crippen molar-refractivity contribution in [3.05, 3.63) is 59.7 Å². The maximum atomic E-state index is 12.3. The van der Waals surface area contributed by atoms with Crippen LogP contribution in [0.3, 0.4) is 0 Å². The van der Waals surface area contributed by atoms with E-state index in [4.69, 9.17) is 10.00 Å². The van der Waals surface area contributed by atoms with Crippen molar-refractivity contribution < 1.29 is 14.3 Å². The number of benzene rings is 2. The van der Waals surface area contributed by atoms with Gasteiger partial charge in [-0.05, 0) is 24.3 Å². The van der Waals surface area contributed by atoms with Gasteiger partial charge in [0.2, 0.25) is 11.8 Å². The van der Waals surface area contributed by atoms with Gasteiger partial charge in [-0.25, -0.2) is 0 Å². The van der Waals surface area contributed by atoms with E-state index in [0.717, 1.165) is 5.56 Å². The average Bonchev–Trinajstić information content (AvgIpc) is 2.61. The van der Waals surface area contributed by atoms with Crippen molar-refractivity contribution in [3.63, 3.8) is 0 Å². The van der Waals surface area contributed by atoms with Crippen molar-refractivity contribution in [2.45, 2.75) is 13.5 Å². The first-order chi connectivity index (χ1) is 12.0. The molecule has 0 aliphatic heterocycles. The molecule has 2 aromatic rings. The van der Waals surface area contributed by atoms with E-state index >= 15 is 0 Å². The number of para-hydroxylation sites is 1. The van der Waals surface area contributed by atoms with Gasteiger partial charge in [-0.1, -0.05) is 24.3 Å². The number of amides is 2. The van der Waals surface area contributed by atoms with Crippen molar-refractivity contribution in [3.8, 4) is 11.8 Å². The Morgan fingerprint density at radius 1 is 1.20 bits per heavy atom. The second kappa shape index (κ2) is 8.50. The molecule has 0 heterocycles. The van der Waals surface area contributed by atoms with Crippen LogP contribution in [0.15, 0.2) is 48.5 Å². The third-order valence-electron chi connectivity index (χ3n) is 3.61. The van der Waals surface area contributed by atoms with Crippen LogP contribution in [-0.2, 0) is 16.1 Å². The molecule has 0 bridgehead atoms. The number of hydrogen-bond donors (Lipinski definition) is 1. The second-order valence-electron chi connectivity index (χ2n) is 5.43. The lowest BCUT2D eigenvalue weighted by Gasteiger charge is -2.21. The summed E-state index contributed by atoms with van der Waals surface area (Å²) in [4.78, 5) is 25.6. The zero-order valence-corrected chi connectivity index (χ0v) is 14.2. The molecule has 0 unspecified atom stereocenters. The summed E-state index contributed by atoms with van der Waals surface area (Å²) in [6.45, 7) is 1.59. The van der Waals surface area contributed by atoms with Gasteiger partial charge in [0.1, 0.15) is 12.3 Å². The zero-order valence-electron chi connectivity index (χ0n) is 14.2. The van der Waals surface area contributed by atoms with Crippen molar-refractivity contribution in [2.24, 2.45) is 0 Å². The topological polar surface area (TPSA) is 82.4 Å². The first-order valence-corrected chi connectivity index (χ1v) is 7.71. The minimum Gasteiger partial charge on any atom is -0.496 e. The Balaban J connectivity index is 2.07. The van der Waals surface area contributed by atoms with Gasteiger partial charge in [0, 0.05) is 24.7 Å². The summed E-state index contributed by atoms with van der Waals surface area (Å²) in [7, 11) is 1.56. The minimum absolute atomic E-state index is 0.0931. The number of nitrogens with one attached hydrogen (secondary N) is 1. The Labute approximate surface area is 146 Å². The summed E-state index contributed by atoms with van der Waals surface area (Å²) >= 11 is 0. The summed E-state index contributed by atoms with van der Waals surface area (Å²) in [6, 6.07) is 16.0. The Kier molecular flexibility index (Phi) is 6.13. The molecule has 25 heavy (non-hydrogen) atoms. The Hall–Kier alpha value is -3.33. The second-order valence-corrected chi connectivity index (χ2v) is 5.43. The normalized spacial score (nSPS) is 9.80. The van der Waals surface area contributed by atoms with Gasteiger partial charge in [0.05, 0.1) is 18.7 Å². The highest BCUT2D eigenvalue weighted by atomic mass is 16.5. The van der Waals surface area contributed by atoms with Gasteiger partial charge in [-0.3, -0.25) is 9.59 Å². The quantitative estimate of drug-likeness (QED) is 0.878. The van der Waals surface area contributed by atoms with Crippen LogP contribution in [0.25, 0.3) is 0 Å². The van der Waals surface area contributed by atoms with Crippen LogP contribution in [0.1, 0.15) is 18.1 Å². The number of hydrogen-bond acceptors (Lipinski definition) is 4. The number of nitriles is 1. The Morgan fingerprint density at radius 2 is 1.96 bits per heavy atom. The highest BCUT2D eigenvalue weighted by Gasteiger charge is 2.16. The highest BCUT2D eigenvalue weighted by Crippen LogP contribution is 2.19. The summed E-state index contributed by atoms with van der Waals surface area (Å²) in [5.41, 5.74) is 1.79. The molecule has 1 N–H and O–H groups in total. The van der Waals surface area contributed by atoms with Crippen LogP contribution in [0.5, 0.6) is 5.75 Å². The molecule has 2 aromatic carbocycles. The van der Waals surface area contributed by atoms with Crippen LogP contribution in [-0.4, -0.2) is 30.4 Å². The van der Waals surface area contributed by atoms with E-state index in [2.05, 4.69) is 5.32 Å². The molecule has 128 valence electrons. The molecule has 6 nitrogen and oxygen atoms in total. The summed E-state index contributed by atoms with van der Waals surface area (Å²) in [5, 5.41) is 11.6. The lowest BCUT2D eigenvalue weighted by Crippen LogP contribution is -2.36. The van der Waals surface area contributed by atoms with Crippen LogP contribution < -0.4 is 10.1 Å². The first kappa shape index (κ1) is 18.0. The van der Waals surface area contributed by atoms with E-state index < -0.39 is 0 Å². The number of carbonyl (C=O) groups excluding carboxylic acids is 2. The number of anilines is 1. The lowest BCUT2D eigenvalue weighted by atomic mass is 10.2. The molecule has 0 aromatic heterocycles. The van der Waals surface area contributed by atoms with Gasteiger partial charge >= 0.3 is 0 Å². The van der Waals surface area contributed by atoms with Gasteiger partial charge in [0.15, 0.2) is 0 Å². The zero-order chi connectivity index (χ0) is 18.2. The number of methoxy groups -OCH3 is 1. The van der Waals surface area contributed by atoms with Crippen molar-refractivity contribution in [1.29, 1.82) is 5.26 Å². The van der Waals surface area contributed by atoms with Crippen molar-refractivity contribution in [2.75, 3.05) is 19.0 Å². The summed E-state index contributed by atoms with van der Waals surface area (Å²) in [5.74, 6) is 0.114. The van der Waals surface area contributed by atoms with Gasteiger partial charge in [-0.15, -0.1) is 0 Å². The Morgan fingerprint density at radius 3 is 2.64 bits per heavy atom. The molecule has 6 heteroatoms. The number of carbonyl (C=O) groups is 2.